The van der Waals surface area contributed by atoms with Crippen molar-refractivity contribution in [3.05, 3.63) is 227 Å². The molecule has 12 nitrogen and oxygen atoms in total. The molecule has 13 rings (SSSR count). The largest absolute Gasteiger partial charge is 0.581 e. The maximum Gasteiger partial charge on any atom is 0.581 e. The van der Waals surface area contributed by atoms with E-state index in [4.69, 9.17) is 32.8 Å². The Morgan fingerprint density at radius 1 is 0.705 bits per heavy atom. The molecule has 3 aliphatic carbocycles. The molecule has 88 heavy (non-hydrogen) atoms. The van der Waals surface area contributed by atoms with Crippen molar-refractivity contribution in [2.75, 3.05) is 19.8 Å². The number of hydrogen-bond donors (Lipinski definition) is 0. The van der Waals surface area contributed by atoms with E-state index in [1.165, 1.54) is 64.9 Å². The highest BCUT2D eigenvalue weighted by molar-refractivity contribution is 7.50. The van der Waals surface area contributed by atoms with Crippen LogP contribution in [0.5, 0.6) is 5.75 Å². The summed E-state index contributed by atoms with van der Waals surface area (Å²) < 4.78 is 41.1. The minimum atomic E-state index is -0.697. The van der Waals surface area contributed by atoms with Crippen molar-refractivity contribution in [1.82, 2.24) is 0 Å². The Balaban J connectivity index is 0.000000155. The molecule has 6 aliphatic rings. The molecule has 3 unspecified atom stereocenters. The molecule has 3 aliphatic heterocycles. The summed E-state index contributed by atoms with van der Waals surface area (Å²) in [6.07, 6.45) is 18.5. The fourth-order valence-electron chi connectivity index (χ4n) is 11.8. The summed E-state index contributed by atoms with van der Waals surface area (Å²) in [5.74, 6) is -2.01. The smallest absolute Gasteiger partial charge is 0.463 e. The number of carbonyl (C=O) groups is 5. The van der Waals surface area contributed by atoms with Gasteiger partial charge in [-0.15, -0.1) is 0 Å². The van der Waals surface area contributed by atoms with Gasteiger partial charge in [-0.1, -0.05) is 91.0 Å². The molecule has 1 aromatic heterocycles. The third-order valence-corrected chi connectivity index (χ3v) is 18.8. The van der Waals surface area contributed by atoms with Crippen LogP contribution in [0.25, 0.3) is 52.9 Å². The third kappa shape index (κ3) is 14.1. The number of fused-ring (bicyclic) bond motifs is 8. The Kier molecular flexibility index (Phi) is 18.4. The van der Waals surface area contributed by atoms with Gasteiger partial charge in [-0.25, -0.2) is 0 Å². The standard InChI is InChI=1S/C35H43O11.C21H15O.C19H13S/c1-23(24-6-10-26(11-7-24)43-32(38)16-14-30(36)40-20-28-18-19-34(2,3)45-28)25-8-12-27(13-9-25)44-33(39)17-15-31(37)41-21-29-22-42-35(4,5)46-29;1-14-17-5-2-3-6-19(17)20-8-4-7-18(21(14)20)16-11-9-15(13-22)10-12-16;1-3-10-17-13(6-1)12-14-7-5-9-16-15-8-2-4-11-18(15)20(17)19(14)16/h6-13,28-29H,14-22H2,1-5H3;2-13H,1H3;1-11H,12H2/q3*+1. The highest BCUT2D eigenvalue weighted by Crippen LogP contribution is 2.54. The van der Waals surface area contributed by atoms with Crippen LogP contribution in [0.1, 0.15) is 118 Å². The van der Waals surface area contributed by atoms with Crippen LogP contribution >= 0.6 is 10.5 Å². The summed E-state index contributed by atoms with van der Waals surface area (Å²) >= 11 is 0. The Bertz CT molecular complexity index is 4070. The Hall–Kier alpha value is -8.85. The Labute approximate surface area is 516 Å². The van der Waals surface area contributed by atoms with E-state index in [-0.39, 0.29) is 67.2 Å². The molecule has 4 heterocycles. The second kappa shape index (κ2) is 26.6. The maximum atomic E-state index is 12.3. The molecule has 6 aromatic carbocycles. The molecule has 446 valence electrons. The van der Waals surface area contributed by atoms with E-state index in [1.807, 2.05) is 69.3 Å². The minimum Gasteiger partial charge on any atom is -0.463 e. The zero-order valence-electron chi connectivity index (χ0n) is 50.4. The lowest BCUT2D eigenvalue weighted by atomic mass is 9.93. The zero-order valence-corrected chi connectivity index (χ0v) is 51.2. The van der Waals surface area contributed by atoms with Crippen molar-refractivity contribution in [1.29, 1.82) is 0 Å². The minimum absolute atomic E-state index is 0.0660. The summed E-state index contributed by atoms with van der Waals surface area (Å²) in [7, 11) is 0.116. The molecule has 2 fully saturated rings. The van der Waals surface area contributed by atoms with Gasteiger partial charge in [0.15, 0.2) is 20.1 Å². The van der Waals surface area contributed by atoms with Gasteiger partial charge in [0.25, 0.3) is 0 Å². The van der Waals surface area contributed by atoms with E-state index in [2.05, 4.69) is 117 Å². The molecule has 13 heteroatoms. The molecular weight excluding hydrogens is 1120 g/mol. The average molecular weight is 1200 g/mol. The Morgan fingerprint density at radius 2 is 1.38 bits per heavy atom. The maximum absolute atomic E-state index is 12.3. The fourth-order valence-corrected chi connectivity index (χ4v) is 14.5. The zero-order chi connectivity index (χ0) is 61.5. The van der Waals surface area contributed by atoms with Crippen molar-refractivity contribution in [2.45, 2.75) is 110 Å². The van der Waals surface area contributed by atoms with Gasteiger partial charge in [-0.2, -0.15) is 0 Å². The van der Waals surface area contributed by atoms with E-state index in [0.29, 0.717) is 23.7 Å². The highest BCUT2D eigenvalue weighted by Gasteiger charge is 2.36. The van der Waals surface area contributed by atoms with Gasteiger partial charge in [-0.05, 0) is 131 Å². The molecule has 3 atom stereocenters. The second-order valence-electron chi connectivity index (χ2n) is 23.5. The first kappa shape index (κ1) is 60.8. The lowest BCUT2D eigenvalue weighted by Crippen LogP contribution is -2.25. The molecule has 0 saturated carbocycles. The normalized spacial score (nSPS) is 17.9. The molecule has 0 amide bonds. The van der Waals surface area contributed by atoms with Gasteiger partial charge in [0.1, 0.15) is 43.3 Å². The van der Waals surface area contributed by atoms with Crippen molar-refractivity contribution >= 4 is 83.3 Å². The van der Waals surface area contributed by atoms with Crippen molar-refractivity contribution in [3.63, 3.8) is 0 Å². The quantitative estimate of drug-likeness (QED) is 0.0336. The summed E-state index contributed by atoms with van der Waals surface area (Å²) in [4.78, 5) is 60.9. The molecule has 0 bridgehead atoms. The predicted molar refractivity (Wildman–Crippen MR) is 346 cm³/mol. The predicted octanol–water partition coefficient (Wildman–Crippen LogP) is 15.6. The fraction of sp³-hybridized carbons (Fsp3) is 0.267. The first-order valence-electron chi connectivity index (χ1n) is 29.9. The lowest BCUT2D eigenvalue weighted by Gasteiger charge is -2.18. The number of carbonyl (C=O) groups excluding carboxylic acids is 6. The number of hydrogen-bond acceptors (Lipinski definition) is 11. The van der Waals surface area contributed by atoms with Crippen LogP contribution in [-0.4, -0.2) is 79.4 Å². The monoisotopic (exact) mass is 1200 g/mol. The van der Waals surface area contributed by atoms with E-state index >= 15 is 0 Å². The topological polar surface area (TPSA) is 152 Å². The number of esters is 3. The van der Waals surface area contributed by atoms with Gasteiger partial charge >= 0.3 is 23.9 Å². The van der Waals surface area contributed by atoms with Gasteiger partial charge in [0, 0.05) is 108 Å². The van der Waals surface area contributed by atoms with E-state index < -0.39 is 29.7 Å². The van der Waals surface area contributed by atoms with Gasteiger partial charge in [0.2, 0.25) is 5.78 Å². The van der Waals surface area contributed by atoms with Crippen molar-refractivity contribution in [2.24, 2.45) is 0 Å². The van der Waals surface area contributed by atoms with Crippen LogP contribution in [0.4, 0.5) is 0 Å². The van der Waals surface area contributed by atoms with E-state index in [9.17, 15) is 24.0 Å². The van der Waals surface area contributed by atoms with Gasteiger partial charge in [0.05, 0.1) is 43.1 Å². The summed E-state index contributed by atoms with van der Waals surface area (Å²) in [5.41, 5.74) is 15.2. The number of allylic oxidation sites excluding steroid dienone is 12. The van der Waals surface area contributed by atoms with Crippen LogP contribution in [0.2, 0.25) is 0 Å². The first-order chi connectivity index (χ1) is 42.5. The molecule has 2 saturated heterocycles. The number of aldehydes is 1. The molecule has 7 aromatic rings. The molecule has 0 spiro atoms. The van der Waals surface area contributed by atoms with Crippen LogP contribution in [0.3, 0.4) is 0 Å². The Morgan fingerprint density at radius 3 is 2.10 bits per heavy atom. The molecule has 0 N–H and O–H groups in total. The number of rotatable bonds is 14. The van der Waals surface area contributed by atoms with Crippen LogP contribution in [-0.2, 0) is 53.7 Å². The SMILES string of the molecule is CC(=C1C=CC(=[O+]C(=O)CCC(=O)OCC2CCC(C)(C)O2)C=C1)c1ccc(OC(=O)CCC(=O)OCC2COC(C)(C)O2)cc1.CC1=C2[CH+]C=CC=C2c2cccc(-c3ccc(C=O)cc3)c21.c1ccc2c(c1)Cc1cccc3c4ccccc4[s+]-2c13. The molecule has 0 radical (unpaired) electrons. The average Bonchev–Trinajstić information content (AvgIpc) is 1.61. The lowest BCUT2D eigenvalue weighted by molar-refractivity contribution is -0.376. The van der Waals surface area contributed by atoms with E-state index in [1.54, 1.807) is 42.8 Å². The number of thiophene rings is 1. The van der Waals surface area contributed by atoms with Crippen molar-refractivity contribution in [3.8, 4) is 21.8 Å². The first-order valence-corrected chi connectivity index (χ1v) is 31.1. The highest BCUT2D eigenvalue weighted by atomic mass is 32.2. The van der Waals surface area contributed by atoms with Crippen molar-refractivity contribution < 1.29 is 56.8 Å². The summed E-state index contributed by atoms with van der Waals surface area (Å²) in [5, 5.41) is 2.89. The second-order valence-corrected chi connectivity index (χ2v) is 25.4. The number of ketones is 1. The van der Waals surface area contributed by atoms with Crippen LogP contribution < -0.4 is 4.74 Å². The van der Waals surface area contributed by atoms with Crippen LogP contribution in [0, 0.1) is 6.42 Å². The summed E-state index contributed by atoms with van der Waals surface area (Å²) in [6.45, 7) is 12.3. The van der Waals surface area contributed by atoms with Gasteiger partial charge in [-0.3, -0.25) is 23.6 Å². The third-order valence-electron chi connectivity index (χ3n) is 16.3. The number of ether oxygens (including phenoxy) is 6. The molecular formula is C75H71O12S+3. The number of benzene rings is 6. The van der Waals surface area contributed by atoms with Crippen LogP contribution in [0.15, 0.2) is 187 Å². The summed E-state index contributed by atoms with van der Waals surface area (Å²) in [6, 6.07) is 45.9. The van der Waals surface area contributed by atoms with E-state index in [0.717, 1.165) is 47.8 Å². The van der Waals surface area contributed by atoms with Gasteiger partial charge < -0.3 is 28.4 Å².